The number of nitrogens with two attached hydrogens (primary N) is 1. The number of pyridine rings is 1. The average molecular weight is 248 g/mol. The summed E-state index contributed by atoms with van der Waals surface area (Å²) in [5.41, 5.74) is 7.74. The van der Waals surface area contributed by atoms with Crippen LogP contribution in [0.3, 0.4) is 0 Å². The molecule has 2 rings (SSSR count). The largest absolute Gasteiger partial charge is 0.397 e. The van der Waals surface area contributed by atoms with Gasteiger partial charge in [0.2, 0.25) is 0 Å². The van der Waals surface area contributed by atoms with E-state index in [0.29, 0.717) is 6.04 Å². The van der Waals surface area contributed by atoms with Crippen LogP contribution >= 0.6 is 0 Å². The van der Waals surface area contributed by atoms with Crippen LogP contribution in [0.4, 0.5) is 11.5 Å². The van der Waals surface area contributed by atoms with Crippen LogP contribution in [-0.2, 0) is 0 Å². The molecule has 1 aromatic rings. The minimum atomic E-state index is 0.549. The molecule has 18 heavy (non-hydrogen) atoms. The van der Waals surface area contributed by atoms with Crippen molar-refractivity contribution in [3.63, 3.8) is 0 Å². The van der Waals surface area contributed by atoms with Crippen LogP contribution < -0.4 is 10.6 Å². The molecule has 0 spiro atoms. The monoisotopic (exact) mass is 248 g/mol. The van der Waals surface area contributed by atoms with Crippen molar-refractivity contribution in [2.24, 2.45) is 0 Å². The fraction of sp³-hybridized carbons (Fsp3) is 0.643. The van der Waals surface area contributed by atoms with Crippen LogP contribution in [0.25, 0.3) is 0 Å². The van der Waals surface area contributed by atoms with Gasteiger partial charge in [-0.1, -0.05) is 6.92 Å². The lowest BCUT2D eigenvalue weighted by Gasteiger charge is -2.31. The zero-order chi connectivity index (χ0) is 13.1. The predicted molar refractivity (Wildman–Crippen MR) is 76.9 cm³/mol. The quantitative estimate of drug-likeness (QED) is 0.868. The first-order valence-corrected chi connectivity index (χ1v) is 6.79. The van der Waals surface area contributed by atoms with Crippen LogP contribution in [0.15, 0.2) is 12.3 Å². The van der Waals surface area contributed by atoms with E-state index in [1.165, 1.54) is 13.0 Å². The van der Waals surface area contributed by atoms with E-state index < -0.39 is 0 Å². The summed E-state index contributed by atoms with van der Waals surface area (Å²) in [6, 6.07) is 2.66. The lowest BCUT2D eigenvalue weighted by atomic mass is 10.1. The predicted octanol–water partition coefficient (Wildman–Crippen LogP) is 1.89. The summed E-state index contributed by atoms with van der Waals surface area (Å²) in [6.07, 6.45) is 4.12. The first-order chi connectivity index (χ1) is 8.61. The van der Waals surface area contributed by atoms with E-state index in [2.05, 4.69) is 34.8 Å². The number of rotatable bonds is 2. The summed E-state index contributed by atoms with van der Waals surface area (Å²) in [6.45, 7) is 7.66. The second kappa shape index (κ2) is 5.57. The fourth-order valence-electron chi connectivity index (χ4n) is 2.60. The summed E-state index contributed by atoms with van der Waals surface area (Å²) >= 11 is 0. The number of nitrogens with zero attached hydrogens (tertiary/aromatic N) is 3. The summed E-state index contributed by atoms with van der Waals surface area (Å²) in [4.78, 5) is 9.37. The zero-order valence-electron chi connectivity index (χ0n) is 11.7. The van der Waals surface area contributed by atoms with E-state index in [9.17, 15) is 0 Å². The molecule has 0 aromatic carbocycles. The second-order valence-corrected chi connectivity index (χ2v) is 5.27. The van der Waals surface area contributed by atoms with Gasteiger partial charge in [0.15, 0.2) is 0 Å². The van der Waals surface area contributed by atoms with Gasteiger partial charge in [-0.2, -0.15) is 0 Å². The minimum absolute atomic E-state index is 0.549. The maximum Gasteiger partial charge on any atom is 0.129 e. The molecule has 1 aliphatic rings. The van der Waals surface area contributed by atoms with Crippen molar-refractivity contribution >= 4 is 11.5 Å². The molecule has 4 nitrogen and oxygen atoms in total. The third-order valence-electron chi connectivity index (χ3n) is 3.80. The Morgan fingerprint density at radius 3 is 2.89 bits per heavy atom. The zero-order valence-corrected chi connectivity index (χ0v) is 11.7. The number of anilines is 2. The fourth-order valence-corrected chi connectivity index (χ4v) is 2.60. The molecule has 2 heterocycles. The van der Waals surface area contributed by atoms with Crippen molar-refractivity contribution < 1.29 is 0 Å². The van der Waals surface area contributed by atoms with Gasteiger partial charge in [0, 0.05) is 19.1 Å². The van der Waals surface area contributed by atoms with Crippen LogP contribution in [0.5, 0.6) is 0 Å². The van der Waals surface area contributed by atoms with Gasteiger partial charge in [-0.25, -0.2) is 4.98 Å². The third-order valence-corrected chi connectivity index (χ3v) is 3.80. The van der Waals surface area contributed by atoms with Crippen molar-refractivity contribution in [3.8, 4) is 0 Å². The Bertz CT molecular complexity index is 405. The van der Waals surface area contributed by atoms with Gasteiger partial charge < -0.3 is 15.5 Å². The SMILES string of the molecule is CCC1CN(C)CCCN1c1cc(C)c(N)cn1. The van der Waals surface area contributed by atoms with E-state index in [4.69, 9.17) is 5.73 Å². The van der Waals surface area contributed by atoms with Gasteiger partial charge in [-0.3, -0.25) is 0 Å². The van der Waals surface area contributed by atoms with Crippen LogP contribution in [0, 0.1) is 6.92 Å². The highest BCUT2D eigenvalue weighted by atomic mass is 15.3. The first kappa shape index (κ1) is 13.1. The summed E-state index contributed by atoms with van der Waals surface area (Å²) in [5.74, 6) is 1.07. The Morgan fingerprint density at radius 2 is 2.22 bits per heavy atom. The minimum Gasteiger partial charge on any atom is -0.397 e. The van der Waals surface area contributed by atoms with Gasteiger partial charge in [0.25, 0.3) is 0 Å². The molecular formula is C14H24N4. The summed E-state index contributed by atoms with van der Waals surface area (Å²) < 4.78 is 0. The highest BCUT2D eigenvalue weighted by Crippen LogP contribution is 2.22. The lowest BCUT2D eigenvalue weighted by molar-refractivity contribution is 0.327. The number of hydrogen-bond acceptors (Lipinski definition) is 4. The maximum atomic E-state index is 5.85. The normalized spacial score (nSPS) is 21.9. The van der Waals surface area contributed by atoms with E-state index >= 15 is 0 Å². The van der Waals surface area contributed by atoms with E-state index in [1.54, 1.807) is 6.20 Å². The molecule has 1 aliphatic heterocycles. The number of likely N-dealkylation sites (N-methyl/N-ethyl adjacent to an activating group) is 1. The highest BCUT2D eigenvalue weighted by molar-refractivity contribution is 5.52. The standard InChI is InChI=1S/C14H24N4/c1-4-12-10-17(3)6-5-7-18(12)14-8-11(2)13(15)9-16-14/h8-9,12H,4-7,10,15H2,1-3H3. The molecule has 1 aromatic heterocycles. The topological polar surface area (TPSA) is 45.4 Å². The Labute approximate surface area is 110 Å². The molecule has 1 saturated heterocycles. The molecule has 1 atom stereocenters. The Kier molecular flexibility index (Phi) is 4.07. The number of aromatic nitrogens is 1. The van der Waals surface area contributed by atoms with Gasteiger partial charge in [0.05, 0.1) is 11.9 Å². The Morgan fingerprint density at radius 1 is 1.44 bits per heavy atom. The Balaban J connectivity index is 2.25. The van der Waals surface area contributed by atoms with Crippen LogP contribution in [0.2, 0.25) is 0 Å². The summed E-state index contributed by atoms with van der Waals surface area (Å²) in [7, 11) is 2.20. The molecule has 100 valence electrons. The van der Waals surface area contributed by atoms with Gasteiger partial charge >= 0.3 is 0 Å². The molecule has 1 fully saturated rings. The average Bonchev–Trinajstić information content (AvgIpc) is 2.54. The molecule has 0 amide bonds. The molecule has 0 saturated carbocycles. The van der Waals surface area contributed by atoms with Crippen molar-refractivity contribution in [2.75, 3.05) is 37.3 Å². The molecule has 4 heteroatoms. The molecule has 0 bridgehead atoms. The number of hydrogen-bond donors (Lipinski definition) is 1. The van der Waals surface area contributed by atoms with Crippen molar-refractivity contribution in [2.45, 2.75) is 32.7 Å². The number of aryl methyl sites for hydroxylation is 1. The molecular weight excluding hydrogens is 224 g/mol. The van der Waals surface area contributed by atoms with Crippen molar-refractivity contribution in [1.82, 2.24) is 9.88 Å². The smallest absolute Gasteiger partial charge is 0.129 e. The molecule has 0 radical (unpaired) electrons. The number of nitrogen functional groups attached to an aromatic ring is 1. The van der Waals surface area contributed by atoms with E-state index in [-0.39, 0.29) is 0 Å². The van der Waals surface area contributed by atoms with E-state index in [1.807, 2.05) is 6.92 Å². The molecule has 0 aliphatic carbocycles. The molecule has 2 N–H and O–H groups in total. The van der Waals surface area contributed by atoms with Gasteiger partial charge in [-0.15, -0.1) is 0 Å². The van der Waals surface area contributed by atoms with Crippen LogP contribution in [-0.4, -0.2) is 42.6 Å². The van der Waals surface area contributed by atoms with E-state index in [0.717, 1.165) is 36.6 Å². The second-order valence-electron chi connectivity index (χ2n) is 5.27. The highest BCUT2D eigenvalue weighted by Gasteiger charge is 2.23. The first-order valence-electron chi connectivity index (χ1n) is 6.79. The molecule has 1 unspecified atom stereocenters. The summed E-state index contributed by atoms with van der Waals surface area (Å²) in [5, 5.41) is 0. The Hall–Kier alpha value is -1.29. The lowest BCUT2D eigenvalue weighted by Crippen LogP contribution is -2.40. The van der Waals surface area contributed by atoms with Crippen LogP contribution in [0.1, 0.15) is 25.3 Å². The van der Waals surface area contributed by atoms with Gasteiger partial charge in [0.1, 0.15) is 5.82 Å². The maximum absolute atomic E-state index is 5.85. The van der Waals surface area contributed by atoms with Crippen molar-refractivity contribution in [3.05, 3.63) is 17.8 Å². The van der Waals surface area contributed by atoms with Gasteiger partial charge in [-0.05, 0) is 45.0 Å². The van der Waals surface area contributed by atoms with Crippen molar-refractivity contribution in [1.29, 1.82) is 0 Å². The third kappa shape index (κ3) is 2.75.